The highest BCUT2D eigenvalue weighted by atomic mass is 16.6. The molecule has 0 aromatic heterocycles. The molecule has 0 heterocycles. The molecule has 6 atom stereocenters. The van der Waals surface area contributed by atoms with E-state index in [4.69, 9.17) is 4.84 Å². The number of carbonyl (C=O) groups excluding carboxylic acids is 1. The van der Waals surface area contributed by atoms with Crippen LogP contribution in [0, 0.1) is 34.5 Å². The molecule has 1 unspecified atom stereocenters. The zero-order chi connectivity index (χ0) is 17.8. The van der Waals surface area contributed by atoms with E-state index in [1.165, 1.54) is 43.4 Å². The molecule has 0 N–H and O–H groups in total. The Morgan fingerprint density at radius 1 is 1.12 bits per heavy atom. The van der Waals surface area contributed by atoms with Gasteiger partial charge in [0.2, 0.25) is 0 Å². The molecule has 0 aromatic rings. The van der Waals surface area contributed by atoms with E-state index in [0.717, 1.165) is 37.0 Å². The van der Waals surface area contributed by atoms with Crippen LogP contribution >= 0.6 is 0 Å². The highest BCUT2D eigenvalue weighted by Gasteiger charge is 2.59. The fourth-order valence-corrected chi connectivity index (χ4v) is 7.45. The van der Waals surface area contributed by atoms with E-state index in [9.17, 15) is 4.79 Å². The van der Waals surface area contributed by atoms with E-state index in [2.05, 4.69) is 25.9 Å². The third-order valence-electron chi connectivity index (χ3n) is 8.70. The Morgan fingerprint density at radius 3 is 2.68 bits per heavy atom. The number of hydrogen-bond donors (Lipinski definition) is 0. The maximum absolute atomic E-state index is 11.9. The Hall–Kier alpha value is -1.12. The number of oxime groups is 1. The maximum Gasteiger partial charge on any atom is 0.155 e. The van der Waals surface area contributed by atoms with Gasteiger partial charge in [0.05, 0.1) is 5.71 Å². The van der Waals surface area contributed by atoms with E-state index in [0.29, 0.717) is 17.1 Å². The number of nitrogens with zero attached hydrogens (tertiary/aromatic N) is 1. The highest BCUT2D eigenvalue weighted by Crippen LogP contribution is 2.66. The molecule has 25 heavy (non-hydrogen) atoms. The van der Waals surface area contributed by atoms with Crippen LogP contribution in [0.4, 0.5) is 0 Å². The number of carbonyl (C=O) groups is 1. The quantitative estimate of drug-likeness (QED) is 0.513. The van der Waals surface area contributed by atoms with Crippen molar-refractivity contribution >= 4 is 11.5 Å². The minimum absolute atomic E-state index is 0.284. The van der Waals surface area contributed by atoms with Gasteiger partial charge in [-0.25, -0.2) is 0 Å². The SMILES string of the molecule is CO/N=C(\C)[C@H]1CC[C@H]2C3CCC4=CC(=O)CC[C@]4(C)[C@H]3CC[C@]12C. The van der Waals surface area contributed by atoms with Gasteiger partial charge in [0.1, 0.15) is 7.11 Å². The molecule has 3 nitrogen and oxygen atoms in total. The lowest BCUT2D eigenvalue weighted by Crippen LogP contribution is -2.51. The second kappa shape index (κ2) is 5.96. The van der Waals surface area contributed by atoms with Crippen LogP contribution in [0.15, 0.2) is 16.8 Å². The van der Waals surface area contributed by atoms with E-state index < -0.39 is 0 Å². The van der Waals surface area contributed by atoms with Crippen molar-refractivity contribution in [3.8, 4) is 0 Å². The second-order valence-corrected chi connectivity index (χ2v) is 9.56. The van der Waals surface area contributed by atoms with Gasteiger partial charge in [-0.15, -0.1) is 0 Å². The Kier molecular flexibility index (Phi) is 4.12. The van der Waals surface area contributed by atoms with Crippen LogP contribution in [-0.4, -0.2) is 18.6 Å². The topological polar surface area (TPSA) is 38.7 Å². The molecule has 4 aliphatic carbocycles. The Balaban J connectivity index is 1.64. The molecule has 138 valence electrons. The lowest BCUT2D eigenvalue weighted by molar-refractivity contribution is -0.117. The van der Waals surface area contributed by atoms with Gasteiger partial charge >= 0.3 is 0 Å². The molecule has 0 aromatic carbocycles. The minimum atomic E-state index is 0.284. The summed E-state index contributed by atoms with van der Waals surface area (Å²) < 4.78 is 0. The summed E-state index contributed by atoms with van der Waals surface area (Å²) >= 11 is 0. The predicted octanol–water partition coefficient (Wildman–Crippen LogP) is 5.16. The van der Waals surface area contributed by atoms with Gasteiger partial charge in [0.15, 0.2) is 5.78 Å². The van der Waals surface area contributed by atoms with Gasteiger partial charge in [0, 0.05) is 12.3 Å². The van der Waals surface area contributed by atoms with Crippen LogP contribution in [0.1, 0.15) is 72.1 Å². The van der Waals surface area contributed by atoms with Crippen LogP contribution in [0.2, 0.25) is 0 Å². The fraction of sp³-hybridized carbons (Fsp3) is 0.818. The molecular formula is C22H33NO2. The molecule has 3 fully saturated rings. The van der Waals surface area contributed by atoms with E-state index in [1.54, 1.807) is 7.11 Å². The van der Waals surface area contributed by atoms with E-state index >= 15 is 0 Å². The van der Waals surface area contributed by atoms with Crippen molar-refractivity contribution in [1.29, 1.82) is 0 Å². The maximum atomic E-state index is 11.9. The first-order valence-corrected chi connectivity index (χ1v) is 10.2. The summed E-state index contributed by atoms with van der Waals surface area (Å²) in [5.74, 6) is 3.36. The molecule has 0 radical (unpaired) electrons. The number of fused-ring (bicyclic) bond motifs is 5. The van der Waals surface area contributed by atoms with Gasteiger partial charge in [-0.2, -0.15) is 0 Å². The zero-order valence-corrected chi connectivity index (χ0v) is 16.3. The van der Waals surface area contributed by atoms with Crippen molar-refractivity contribution in [2.75, 3.05) is 7.11 Å². The average Bonchev–Trinajstić information content (AvgIpc) is 2.93. The molecule has 4 rings (SSSR count). The van der Waals surface area contributed by atoms with Crippen molar-refractivity contribution in [3.63, 3.8) is 0 Å². The van der Waals surface area contributed by atoms with Gasteiger partial charge in [-0.1, -0.05) is 24.6 Å². The Bertz CT molecular complexity index is 636. The summed E-state index contributed by atoms with van der Waals surface area (Å²) in [7, 11) is 1.66. The third-order valence-corrected chi connectivity index (χ3v) is 8.70. The summed E-state index contributed by atoms with van der Waals surface area (Å²) in [6.07, 6.45) is 11.5. The van der Waals surface area contributed by atoms with Gasteiger partial charge in [-0.05, 0) is 86.5 Å². The molecule has 3 saturated carbocycles. The normalized spacial score (nSPS) is 46.8. The van der Waals surface area contributed by atoms with Crippen molar-refractivity contribution < 1.29 is 9.63 Å². The molecule has 3 heteroatoms. The Morgan fingerprint density at radius 2 is 1.92 bits per heavy atom. The first kappa shape index (κ1) is 17.3. The fourth-order valence-electron chi connectivity index (χ4n) is 7.45. The predicted molar refractivity (Wildman–Crippen MR) is 100 cm³/mol. The minimum Gasteiger partial charge on any atom is -0.399 e. The van der Waals surface area contributed by atoms with Gasteiger partial charge in [-0.3, -0.25) is 4.79 Å². The average molecular weight is 344 g/mol. The monoisotopic (exact) mass is 343 g/mol. The zero-order valence-electron chi connectivity index (χ0n) is 16.3. The van der Waals surface area contributed by atoms with Crippen molar-refractivity contribution in [1.82, 2.24) is 0 Å². The second-order valence-electron chi connectivity index (χ2n) is 9.56. The molecule has 0 saturated heterocycles. The lowest BCUT2D eigenvalue weighted by Gasteiger charge is -2.58. The summed E-state index contributed by atoms with van der Waals surface area (Å²) in [4.78, 5) is 17.0. The van der Waals surface area contributed by atoms with Crippen LogP contribution in [0.3, 0.4) is 0 Å². The molecular weight excluding hydrogens is 310 g/mol. The van der Waals surface area contributed by atoms with Crippen molar-refractivity contribution in [2.45, 2.75) is 72.1 Å². The molecule has 0 amide bonds. The third kappa shape index (κ3) is 2.44. The first-order chi connectivity index (χ1) is 11.9. The lowest BCUT2D eigenvalue weighted by atomic mass is 9.46. The number of rotatable bonds is 2. The van der Waals surface area contributed by atoms with E-state index in [-0.39, 0.29) is 5.41 Å². The summed E-state index contributed by atoms with van der Waals surface area (Å²) in [5, 5.41) is 4.30. The summed E-state index contributed by atoms with van der Waals surface area (Å²) in [6, 6.07) is 0. The van der Waals surface area contributed by atoms with Gasteiger partial charge in [0.25, 0.3) is 0 Å². The van der Waals surface area contributed by atoms with Crippen LogP contribution in [0.25, 0.3) is 0 Å². The molecule has 0 spiro atoms. The molecule has 0 bridgehead atoms. The smallest absolute Gasteiger partial charge is 0.155 e. The van der Waals surface area contributed by atoms with E-state index in [1.807, 2.05) is 6.08 Å². The summed E-state index contributed by atoms with van der Waals surface area (Å²) in [5.41, 5.74) is 3.33. The summed E-state index contributed by atoms with van der Waals surface area (Å²) in [6.45, 7) is 7.15. The van der Waals surface area contributed by atoms with Crippen molar-refractivity contribution in [2.24, 2.45) is 39.7 Å². The number of allylic oxidation sites excluding steroid dienone is 1. The van der Waals surface area contributed by atoms with Crippen LogP contribution < -0.4 is 0 Å². The number of hydrogen-bond acceptors (Lipinski definition) is 3. The molecule has 4 aliphatic rings. The van der Waals surface area contributed by atoms with Crippen LogP contribution in [-0.2, 0) is 9.63 Å². The highest BCUT2D eigenvalue weighted by molar-refractivity contribution is 5.91. The first-order valence-electron chi connectivity index (χ1n) is 10.2. The molecule has 0 aliphatic heterocycles. The number of ketones is 1. The van der Waals surface area contributed by atoms with Crippen molar-refractivity contribution in [3.05, 3.63) is 11.6 Å². The largest absolute Gasteiger partial charge is 0.399 e. The van der Waals surface area contributed by atoms with Crippen LogP contribution in [0.5, 0.6) is 0 Å². The Labute approximate surface area is 152 Å². The van der Waals surface area contributed by atoms with Gasteiger partial charge < -0.3 is 4.84 Å². The standard InChI is InChI=1S/C22H33NO2/c1-14(23-25-4)18-7-8-19-17-6-5-15-13-16(24)9-11-21(15,2)20(17)10-12-22(18,19)3/h13,17-20H,5-12H2,1-4H3/b23-14+/t17?,18-,19+,20+,21+,22-/m1/s1.